The lowest BCUT2D eigenvalue weighted by Gasteiger charge is -2.13. The minimum atomic E-state index is -0.262. The summed E-state index contributed by atoms with van der Waals surface area (Å²) in [5.74, 6) is 0. The van der Waals surface area contributed by atoms with Gasteiger partial charge in [0.2, 0.25) is 0 Å². The molecule has 1 saturated heterocycles. The lowest BCUT2D eigenvalue weighted by molar-refractivity contribution is 0.137. The smallest absolute Gasteiger partial charge is 0.410 e. The zero-order chi connectivity index (χ0) is 9.56. The molecule has 1 aliphatic rings. The van der Waals surface area contributed by atoms with Gasteiger partial charge in [-0.05, 0) is 0 Å². The Bertz CT molecular complexity index is 138. The summed E-state index contributed by atoms with van der Waals surface area (Å²) >= 11 is 0. The zero-order valence-corrected chi connectivity index (χ0v) is 8.16. The van der Waals surface area contributed by atoms with Crippen molar-refractivity contribution in [2.24, 2.45) is 0 Å². The average molecular weight is 175 g/mol. The standard InChI is InChI=1S/C6H11NO3.C2H6/c1-7-5(3-9-2)4-10-6(7)8;1-2/h5H,3-4H2,1-2H3;1-2H3. The molecule has 4 heteroatoms. The number of amides is 1. The van der Waals surface area contributed by atoms with Crippen LogP contribution in [0.3, 0.4) is 0 Å². The van der Waals surface area contributed by atoms with Crippen molar-refractivity contribution >= 4 is 6.09 Å². The number of rotatable bonds is 2. The molecule has 1 fully saturated rings. The Labute approximate surface area is 73.4 Å². The number of hydrogen-bond acceptors (Lipinski definition) is 3. The van der Waals surface area contributed by atoms with Gasteiger partial charge < -0.3 is 14.4 Å². The first-order chi connectivity index (χ1) is 5.75. The van der Waals surface area contributed by atoms with Crippen LogP contribution in [0, 0.1) is 0 Å². The van der Waals surface area contributed by atoms with E-state index < -0.39 is 0 Å². The first-order valence-corrected chi connectivity index (χ1v) is 4.14. The number of ether oxygens (including phenoxy) is 2. The number of carbonyl (C=O) groups is 1. The number of carbonyl (C=O) groups excluding carboxylic acids is 1. The topological polar surface area (TPSA) is 38.8 Å². The second kappa shape index (κ2) is 5.83. The molecule has 0 bridgehead atoms. The minimum absolute atomic E-state index is 0.0949. The van der Waals surface area contributed by atoms with Crippen molar-refractivity contribution in [2.75, 3.05) is 27.4 Å². The van der Waals surface area contributed by atoms with Gasteiger partial charge in [0.25, 0.3) is 0 Å². The molecule has 1 aliphatic heterocycles. The molecule has 1 unspecified atom stereocenters. The number of hydrogen-bond donors (Lipinski definition) is 0. The summed E-state index contributed by atoms with van der Waals surface area (Å²) in [4.78, 5) is 12.3. The molecule has 1 atom stereocenters. The summed E-state index contributed by atoms with van der Waals surface area (Å²) in [6.07, 6.45) is -0.262. The normalized spacial score (nSPS) is 21.5. The fourth-order valence-electron chi connectivity index (χ4n) is 0.882. The minimum Gasteiger partial charge on any atom is -0.447 e. The molecule has 0 spiro atoms. The van der Waals surface area contributed by atoms with Gasteiger partial charge in [-0.1, -0.05) is 13.8 Å². The fourth-order valence-corrected chi connectivity index (χ4v) is 0.882. The van der Waals surface area contributed by atoms with E-state index >= 15 is 0 Å². The maximum Gasteiger partial charge on any atom is 0.410 e. The van der Waals surface area contributed by atoms with E-state index in [1.807, 2.05) is 13.8 Å². The lowest BCUT2D eigenvalue weighted by atomic mass is 10.3. The Hall–Kier alpha value is -0.770. The molecule has 1 rings (SSSR count). The molecular weight excluding hydrogens is 158 g/mol. The molecule has 0 radical (unpaired) electrons. The first-order valence-electron chi connectivity index (χ1n) is 4.14. The molecule has 0 aromatic heterocycles. The van der Waals surface area contributed by atoms with E-state index in [1.165, 1.54) is 0 Å². The van der Waals surface area contributed by atoms with Crippen molar-refractivity contribution in [1.29, 1.82) is 0 Å². The SMILES string of the molecule is CC.COCC1COC(=O)N1C. The van der Waals surface area contributed by atoms with E-state index in [9.17, 15) is 4.79 Å². The van der Waals surface area contributed by atoms with Gasteiger partial charge >= 0.3 is 6.09 Å². The van der Waals surface area contributed by atoms with Crippen molar-refractivity contribution in [3.8, 4) is 0 Å². The summed E-state index contributed by atoms with van der Waals surface area (Å²) in [6, 6.07) is 0.0949. The molecular formula is C8H17NO3. The Morgan fingerprint density at radius 3 is 2.58 bits per heavy atom. The summed E-state index contributed by atoms with van der Waals surface area (Å²) < 4.78 is 9.61. The average Bonchev–Trinajstić information content (AvgIpc) is 2.41. The Kier molecular flexibility index (Phi) is 5.45. The molecule has 0 N–H and O–H groups in total. The van der Waals surface area contributed by atoms with Gasteiger partial charge in [0.05, 0.1) is 12.6 Å². The van der Waals surface area contributed by atoms with Gasteiger partial charge in [-0.25, -0.2) is 4.79 Å². The highest BCUT2D eigenvalue weighted by atomic mass is 16.6. The number of likely N-dealkylation sites (N-methyl/N-ethyl adjacent to an activating group) is 1. The number of cyclic esters (lactones) is 1. The maximum atomic E-state index is 10.7. The van der Waals surface area contributed by atoms with Gasteiger partial charge in [-0.2, -0.15) is 0 Å². The van der Waals surface area contributed by atoms with E-state index in [4.69, 9.17) is 9.47 Å². The Balaban J connectivity index is 0.000000561. The number of nitrogens with zero attached hydrogens (tertiary/aromatic N) is 1. The third-order valence-electron chi connectivity index (χ3n) is 1.59. The van der Waals surface area contributed by atoms with Crippen LogP contribution < -0.4 is 0 Å². The van der Waals surface area contributed by atoms with E-state index in [0.29, 0.717) is 13.2 Å². The third-order valence-corrected chi connectivity index (χ3v) is 1.59. The van der Waals surface area contributed by atoms with Gasteiger partial charge in [0, 0.05) is 14.2 Å². The van der Waals surface area contributed by atoms with E-state index in [2.05, 4.69) is 0 Å². The van der Waals surface area contributed by atoms with Crippen LogP contribution in [-0.2, 0) is 9.47 Å². The molecule has 0 aromatic carbocycles. The van der Waals surface area contributed by atoms with Gasteiger partial charge in [0.15, 0.2) is 0 Å². The summed E-state index contributed by atoms with van der Waals surface area (Å²) in [7, 11) is 3.32. The molecule has 12 heavy (non-hydrogen) atoms. The second-order valence-electron chi connectivity index (χ2n) is 2.30. The fraction of sp³-hybridized carbons (Fsp3) is 0.875. The molecule has 0 aliphatic carbocycles. The molecule has 1 heterocycles. The second-order valence-corrected chi connectivity index (χ2v) is 2.30. The highest BCUT2D eigenvalue weighted by Crippen LogP contribution is 2.08. The van der Waals surface area contributed by atoms with Crippen LogP contribution in [0.1, 0.15) is 13.8 Å². The van der Waals surface area contributed by atoms with Gasteiger partial charge in [0.1, 0.15) is 6.61 Å². The molecule has 0 aromatic rings. The van der Waals surface area contributed by atoms with Crippen LogP contribution in [0.25, 0.3) is 0 Å². The summed E-state index contributed by atoms with van der Waals surface area (Å²) in [6.45, 7) is 4.99. The van der Waals surface area contributed by atoms with Crippen molar-refractivity contribution < 1.29 is 14.3 Å². The largest absolute Gasteiger partial charge is 0.447 e. The first kappa shape index (κ1) is 11.2. The molecule has 0 saturated carbocycles. The van der Waals surface area contributed by atoms with E-state index in [-0.39, 0.29) is 12.1 Å². The van der Waals surface area contributed by atoms with Crippen LogP contribution in [-0.4, -0.2) is 44.4 Å². The zero-order valence-electron chi connectivity index (χ0n) is 8.16. The number of methoxy groups -OCH3 is 1. The highest BCUT2D eigenvalue weighted by molar-refractivity contribution is 5.69. The molecule has 72 valence electrons. The predicted octanol–water partition coefficient (Wildman–Crippen LogP) is 1.11. The van der Waals surface area contributed by atoms with Crippen LogP contribution >= 0.6 is 0 Å². The van der Waals surface area contributed by atoms with Crippen molar-refractivity contribution in [3.63, 3.8) is 0 Å². The summed E-state index contributed by atoms with van der Waals surface area (Å²) in [5.41, 5.74) is 0. The molecule has 1 amide bonds. The van der Waals surface area contributed by atoms with Gasteiger partial charge in [-0.15, -0.1) is 0 Å². The Morgan fingerprint density at radius 1 is 1.67 bits per heavy atom. The monoisotopic (exact) mass is 175 g/mol. The third kappa shape index (κ3) is 2.70. The van der Waals surface area contributed by atoms with Crippen LogP contribution in [0.4, 0.5) is 4.79 Å². The summed E-state index contributed by atoms with van der Waals surface area (Å²) in [5, 5.41) is 0. The lowest BCUT2D eigenvalue weighted by Crippen LogP contribution is -2.32. The molecule has 4 nitrogen and oxygen atoms in total. The van der Waals surface area contributed by atoms with Crippen molar-refractivity contribution in [1.82, 2.24) is 4.90 Å². The quantitative estimate of drug-likeness (QED) is 0.631. The van der Waals surface area contributed by atoms with Crippen LogP contribution in [0.5, 0.6) is 0 Å². The van der Waals surface area contributed by atoms with E-state index in [1.54, 1.807) is 19.1 Å². The van der Waals surface area contributed by atoms with Crippen molar-refractivity contribution in [2.45, 2.75) is 19.9 Å². The van der Waals surface area contributed by atoms with Crippen LogP contribution in [0.2, 0.25) is 0 Å². The van der Waals surface area contributed by atoms with Gasteiger partial charge in [-0.3, -0.25) is 0 Å². The van der Waals surface area contributed by atoms with Crippen LogP contribution in [0.15, 0.2) is 0 Å². The van der Waals surface area contributed by atoms with E-state index in [0.717, 1.165) is 0 Å². The predicted molar refractivity (Wildman–Crippen MR) is 46.1 cm³/mol. The Morgan fingerprint density at radius 2 is 2.25 bits per heavy atom. The highest BCUT2D eigenvalue weighted by Gasteiger charge is 2.28. The van der Waals surface area contributed by atoms with Crippen molar-refractivity contribution in [3.05, 3.63) is 0 Å². The maximum absolute atomic E-state index is 10.7.